The largest absolute Gasteiger partial charge is 0.496 e. The Morgan fingerprint density at radius 1 is 0.471 bits per heavy atom. The number of amides is 3. The highest BCUT2D eigenvalue weighted by Gasteiger charge is 2.50. The van der Waals surface area contributed by atoms with Crippen LogP contribution in [0.4, 0.5) is 109 Å². The first-order valence-electron chi connectivity index (χ1n) is 41.7. The highest BCUT2D eigenvalue weighted by atomic mass is 35.5. The molecule has 0 spiro atoms. The molecule has 13 rings (SSSR count). The van der Waals surface area contributed by atoms with Crippen LogP contribution >= 0.6 is 11.6 Å². The first-order valence-corrected chi connectivity index (χ1v) is 42.1. The molecule has 6 N–H and O–H groups in total. The van der Waals surface area contributed by atoms with Crippen molar-refractivity contribution in [1.82, 2.24) is 40.5 Å². The zero-order valence-electron chi connectivity index (χ0n) is 74.1. The Morgan fingerprint density at radius 3 is 1.19 bits per heavy atom. The molecule has 3 amide bonds. The number of pyridine rings is 5. The minimum Gasteiger partial charge on any atom is -0.496 e. The molecule has 0 unspecified atom stereocenters. The summed E-state index contributed by atoms with van der Waals surface area (Å²) in [6, 6.07) is 19.0. The summed E-state index contributed by atoms with van der Waals surface area (Å²) in [5.41, 5.74) is -6.40. The lowest BCUT2D eigenvalue weighted by Crippen LogP contribution is -2.43. The van der Waals surface area contributed by atoms with Gasteiger partial charge in [-0.2, -0.15) is 71.1 Å². The standard InChI is InChI=1S/C32H24ClF5N4O3.C32H28F8N4O4.C31H26F8N4O4/c1-45-31(44)26(42-30(43)27-24(34)13-19(14-25(27)35)41-29(17-5-6-17)32(36,37)38)12-18-7-9-22(28-20(18)3-2-10-40-28)21-8-4-16(15-39)11-23(21)33;1-5-24(32(38,39)40)42-17-13-21(33)26(22(34)14-17)28(45)43-23(30(47)48-4)12-16-8-9-19(27-18(16)7-6-10-41-27)25-20(31(35,36)37)11-15(2)44(3)29(25)46;1-4-23(30(34,35)36)42-16-13-19(32)24(20(33)14-16)28(44)43-21(29(45)47-3)12-15-7-8-18(26-17(15)6-5-10-40-26)27-25(31(37,38)39)22(46-2)9-11-41-27/h2-4,7-11,13-14,17,26,29,41H,5-6,12H2,1H3,(H,42,43);6-11,13-14,23-24,42H,5,12H2,1-4H3,(H,43,45);5-11,13-14,21,23,42H,4,12H2,1-3H3,(H,43,44)/t26-,29+;23-,24+;21-,23+/m000/s1. The van der Waals surface area contributed by atoms with Gasteiger partial charge in [0.05, 0.1) is 73.4 Å². The normalized spacial score (nSPS) is 13.6. The van der Waals surface area contributed by atoms with Gasteiger partial charge >= 0.3 is 48.8 Å². The summed E-state index contributed by atoms with van der Waals surface area (Å²) < 4.78 is 314. The smallest absolute Gasteiger partial charge is 0.422 e. The zero-order chi connectivity index (χ0) is 103. The van der Waals surface area contributed by atoms with E-state index in [1.165, 1.54) is 94.8 Å². The first kappa shape index (κ1) is 106. The molecule has 0 aliphatic heterocycles. The van der Waals surface area contributed by atoms with Gasteiger partial charge in [0.25, 0.3) is 23.3 Å². The summed E-state index contributed by atoms with van der Waals surface area (Å²) in [5, 5.41) is 23.2. The fourth-order valence-corrected chi connectivity index (χ4v) is 15.6. The van der Waals surface area contributed by atoms with Crippen LogP contribution in [-0.2, 0) is 67.3 Å². The molecule has 1 saturated carbocycles. The van der Waals surface area contributed by atoms with Gasteiger partial charge in [-0.05, 0) is 134 Å². The summed E-state index contributed by atoms with van der Waals surface area (Å²) in [6.45, 7) is 3.78. The van der Waals surface area contributed by atoms with Gasteiger partial charge < -0.3 is 55.4 Å². The number of rotatable bonds is 28. The van der Waals surface area contributed by atoms with Gasteiger partial charge in [-0.3, -0.25) is 39.1 Å². The van der Waals surface area contributed by atoms with Crippen LogP contribution in [0, 0.1) is 59.1 Å². The van der Waals surface area contributed by atoms with Crippen molar-refractivity contribution in [2.75, 3.05) is 44.4 Å². The number of benzene rings is 7. The van der Waals surface area contributed by atoms with Crippen LogP contribution in [0.2, 0.25) is 5.02 Å². The lowest BCUT2D eigenvalue weighted by atomic mass is 9.93. The number of nitriles is 1. The summed E-state index contributed by atoms with van der Waals surface area (Å²) in [6.07, 6.45) is -19.7. The van der Waals surface area contributed by atoms with Crippen LogP contribution in [0.15, 0.2) is 169 Å². The molecule has 7 aromatic carbocycles. The second kappa shape index (κ2) is 43.5. The molecule has 6 atom stereocenters. The van der Waals surface area contributed by atoms with Crippen molar-refractivity contribution in [1.29, 1.82) is 5.26 Å². The van der Waals surface area contributed by atoms with E-state index in [1.807, 2.05) is 16.7 Å². The van der Waals surface area contributed by atoms with Crippen molar-refractivity contribution in [3.63, 3.8) is 0 Å². The second-order valence-electron chi connectivity index (χ2n) is 31.5. The molecule has 45 heteroatoms. The van der Waals surface area contributed by atoms with Crippen molar-refractivity contribution in [2.45, 2.75) is 133 Å². The molecule has 738 valence electrons. The average Bonchev–Trinajstić information content (AvgIpc) is 1.30. The fraction of sp³-hybridized carbons (Fsp3) is 0.284. The van der Waals surface area contributed by atoms with Crippen LogP contribution in [0.25, 0.3) is 66.2 Å². The molecule has 5 heterocycles. The van der Waals surface area contributed by atoms with Crippen molar-refractivity contribution in [3.05, 3.63) is 270 Å². The Balaban J connectivity index is 0.000000201. The van der Waals surface area contributed by atoms with E-state index < -0.39 is 230 Å². The zero-order valence-corrected chi connectivity index (χ0v) is 74.8. The highest BCUT2D eigenvalue weighted by molar-refractivity contribution is 6.34. The number of aryl methyl sites for hydroxylation is 1. The maximum atomic E-state index is 15.0. The number of carbonyl (C=O) groups excluding carboxylic acids is 6. The van der Waals surface area contributed by atoms with E-state index in [2.05, 4.69) is 41.2 Å². The number of aromatic nitrogens is 5. The van der Waals surface area contributed by atoms with Gasteiger partial charge in [0.15, 0.2) is 0 Å². The van der Waals surface area contributed by atoms with Gasteiger partial charge in [0, 0.05) is 117 Å². The van der Waals surface area contributed by atoms with Gasteiger partial charge in [0.1, 0.15) is 99.2 Å². The third-order valence-electron chi connectivity index (χ3n) is 22.4. The number of carbonyl (C=O) groups is 6. The van der Waals surface area contributed by atoms with Gasteiger partial charge in [-0.1, -0.05) is 86.1 Å². The molecule has 5 aromatic heterocycles. The Labute approximate surface area is 785 Å². The lowest BCUT2D eigenvalue weighted by molar-refractivity contribution is -0.147. The predicted octanol–water partition coefficient (Wildman–Crippen LogP) is 20.3. The van der Waals surface area contributed by atoms with Crippen molar-refractivity contribution in [2.24, 2.45) is 13.0 Å². The minimum absolute atomic E-state index is 0.0251. The maximum Gasteiger partial charge on any atom is 0.422 e. The fourth-order valence-electron chi connectivity index (χ4n) is 15.3. The van der Waals surface area contributed by atoms with Crippen LogP contribution in [0.3, 0.4) is 0 Å². The van der Waals surface area contributed by atoms with Crippen molar-refractivity contribution >= 4 is 97.0 Å². The Hall–Kier alpha value is -14.8. The molecule has 12 aromatic rings. The van der Waals surface area contributed by atoms with Crippen LogP contribution in [0.5, 0.6) is 5.75 Å². The van der Waals surface area contributed by atoms with E-state index in [1.54, 1.807) is 42.6 Å². The molecule has 0 saturated heterocycles. The number of nitrogens with zero attached hydrogens (tertiary/aromatic N) is 6. The second-order valence-corrected chi connectivity index (χ2v) is 31.9. The van der Waals surface area contributed by atoms with Crippen molar-refractivity contribution in [3.8, 4) is 45.3 Å². The lowest BCUT2D eigenvalue weighted by Gasteiger charge is -2.23. The number of hydrogen-bond acceptors (Lipinski definition) is 19. The SMILES string of the molecule is CC[C@@H](Nc1cc(F)c(C(=O)N[C@@H](Cc2ccc(-c3c(C(F)(F)F)cc(C)n(C)c3=O)c3ncccc23)C(=O)OC)c(F)c1)C(F)(F)F.CC[C@@H](Nc1cc(F)c(C(=O)N[C@@H](Cc2ccc(-c3nccc(OC)c3C(F)(F)F)c3ncccc23)C(=O)OC)c(F)c1)C(F)(F)F.COC(=O)[C@H](Cc1ccc(-c2ccc(C#N)cc2Cl)c2ncccc12)NC(=O)c1c(F)cc(N[C@H](C2CC2)C(F)(F)F)cc1F. The summed E-state index contributed by atoms with van der Waals surface area (Å²) in [4.78, 5) is 107. The molecule has 1 aliphatic rings. The van der Waals surface area contributed by atoms with Gasteiger partial charge in [-0.25, -0.2) is 40.7 Å². The Bertz CT molecular complexity index is 6780. The number of methoxy groups -OCH3 is 4. The summed E-state index contributed by atoms with van der Waals surface area (Å²) in [5.74, 6) is -17.2. The van der Waals surface area contributed by atoms with Crippen LogP contribution < -0.4 is 42.2 Å². The van der Waals surface area contributed by atoms with Crippen molar-refractivity contribution < 1.29 is 140 Å². The molecule has 0 bridgehead atoms. The predicted molar refractivity (Wildman–Crippen MR) is 469 cm³/mol. The Kier molecular flexibility index (Phi) is 32.8. The molecular weight excluding hydrogens is 1920 g/mol. The molecule has 1 fully saturated rings. The number of alkyl halides is 15. The topological polar surface area (TPSA) is 309 Å². The average molecular weight is 2000 g/mol. The highest BCUT2D eigenvalue weighted by Crippen LogP contribution is 2.47. The number of hydrogen-bond donors (Lipinski definition) is 6. The molecule has 0 radical (unpaired) electrons. The monoisotopic (exact) mass is 2000 g/mol. The molecule has 1 aliphatic carbocycles. The van der Waals surface area contributed by atoms with E-state index in [4.69, 9.17) is 35.8 Å². The van der Waals surface area contributed by atoms with Crippen LogP contribution in [0.1, 0.15) is 110 Å². The van der Waals surface area contributed by atoms with Crippen LogP contribution in [-0.4, -0.2) is 143 Å². The number of ether oxygens (including phenoxy) is 4. The van der Waals surface area contributed by atoms with E-state index in [0.717, 1.165) is 51.3 Å². The number of nitrogens with one attached hydrogen (secondary N) is 6. The van der Waals surface area contributed by atoms with Gasteiger partial charge in [-0.15, -0.1) is 0 Å². The summed E-state index contributed by atoms with van der Waals surface area (Å²) in [7, 11) is 5.44. The van der Waals surface area contributed by atoms with E-state index in [9.17, 15) is 117 Å². The molecule has 140 heavy (non-hydrogen) atoms. The number of fused-ring (bicyclic) bond motifs is 3. The molecule has 23 nitrogen and oxygen atoms in total. The Morgan fingerprint density at radius 2 is 0.843 bits per heavy atom. The first-order chi connectivity index (χ1) is 65.9. The van der Waals surface area contributed by atoms with Gasteiger partial charge in [0.2, 0.25) is 0 Å². The molecular formula is C95H78ClF21N12O11. The quantitative estimate of drug-likeness (QED) is 0.0151. The van der Waals surface area contributed by atoms with E-state index >= 15 is 8.78 Å². The van der Waals surface area contributed by atoms with E-state index in [0.29, 0.717) is 87.4 Å². The van der Waals surface area contributed by atoms with E-state index in [-0.39, 0.29) is 62.6 Å². The minimum atomic E-state index is -4.90. The third-order valence-corrected chi connectivity index (χ3v) is 22.7. The number of halogens is 22. The number of esters is 3. The maximum absolute atomic E-state index is 15.0. The number of anilines is 3. The third kappa shape index (κ3) is 24.3. The summed E-state index contributed by atoms with van der Waals surface area (Å²) >= 11 is 6.44.